The highest BCUT2D eigenvalue weighted by molar-refractivity contribution is 5.94. The van der Waals surface area contributed by atoms with Crippen LogP contribution in [0.3, 0.4) is 0 Å². The van der Waals surface area contributed by atoms with Crippen molar-refractivity contribution in [3.05, 3.63) is 29.7 Å². The van der Waals surface area contributed by atoms with Crippen molar-refractivity contribution >= 4 is 17.6 Å². The SMILES string of the molecule is CC(C)NC(=O)N1CCC(c2nnc3ccc(C(=O)NCCN(C)C)cn23)C1. The van der Waals surface area contributed by atoms with Crippen molar-refractivity contribution in [3.63, 3.8) is 0 Å². The molecule has 0 saturated carbocycles. The number of nitrogens with one attached hydrogen (secondary N) is 2. The molecule has 9 heteroatoms. The van der Waals surface area contributed by atoms with Crippen LogP contribution in [0.4, 0.5) is 4.79 Å². The first-order valence-electron chi connectivity index (χ1n) is 9.68. The fraction of sp³-hybridized carbons (Fsp3) is 0.579. The Bertz CT molecular complexity index is 846. The molecule has 1 unspecified atom stereocenters. The number of fused-ring (bicyclic) bond motifs is 1. The summed E-state index contributed by atoms with van der Waals surface area (Å²) in [4.78, 5) is 28.5. The molecule has 3 amide bonds. The number of aromatic nitrogens is 3. The van der Waals surface area contributed by atoms with Gasteiger partial charge in [-0.3, -0.25) is 9.20 Å². The van der Waals surface area contributed by atoms with Gasteiger partial charge in [0.15, 0.2) is 5.65 Å². The van der Waals surface area contributed by atoms with Gasteiger partial charge in [-0.15, -0.1) is 10.2 Å². The van der Waals surface area contributed by atoms with E-state index in [4.69, 9.17) is 0 Å². The summed E-state index contributed by atoms with van der Waals surface area (Å²) >= 11 is 0. The summed E-state index contributed by atoms with van der Waals surface area (Å²) in [6.45, 7) is 6.54. The molecule has 2 aromatic rings. The number of pyridine rings is 1. The lowest BCUT2D eigenvalue weighted by atomic mass is 10.1. The molecule has 0 spiro atoms. The minimum atomic E-state index is -0.118. The third-order valence-corrected chi connectivity index (χ3v) is 4.79. The van der Waals surface area contributed by atoms with Crippen LogP contribution in [0.25, 0.3) is 5.65 Å². The maximum atomic E-state index is 12.4. The van der Waals surface area contributed by atoms with Gasteiger partial charge in [-0.1, -0.05) is 0 Å². The van der Waals surface area contributed by atoms with E-state index in [1.54, 1.807) is 18.3 Å². The molecule has 0 bridgehead atoms. The van der Waals surface area contributed by atoms with Crippen molar-refractivity contribution in [1.82, 2.24) is 35.0 Å². The van der Waals surface area contributed by atoms with Crippen LogP contribution in [0, 0.1) is 0 Å². The smallest absolute Gasteiger partial charge is 0.317 e. The zero-order chi connectivity index (χ0) is 20.3. The average molecular weight is 387 g/mol. The molecular weight excluding hydrogens is 358 g/mol. The summed E-state index contributed by atoms with van der Waals surface area (Å²) in [5.41, 5.74) is 1.27. The number of hydrogen-bond donors (Lipinski definition) is 2. The molecule has 3 rings (SSSR count). The van der Waals surface area contributed by atoms with E-state index in [0.717, 1.165) is 18.8 Å². The molecule has 1 atom stereocenters. The predicted molar refractivity (Wildman–Crippen MR) is 106 cm³/mol. The van der Waals surface area contributed by atoms with Crippen molar-refractivity contribution < 1.29 is 9.59 Å². The lowest BCUT2D eigenvalue weighted by Gasteiger charge is -2.18. The third kappa shape index (κ3) is 4.59. The van der Waals surface area contributed by atoms with E-state index in [2.05, 4.69) is 20.8 Å². The number of carbonyl (C=O) groups is 2. The Morgan fingerprint density at radius 2 is 2.07 bits per heavy atom. The van der Waals surface area contributed by atoms with Gasteiger partial charge in [0.1, 0.15) is 5.82 Å². The molecular formula is C19H29N7O2. The topological polar surface area (TPSA) is 94.9 Å². The number of carbonyl (C=O) groups excluding carboxylic acids is 2. The van der Waals surface area contributed by atoms with Crippen LogP contribution >= 0.6 is 0 Å². The van der Waals surface area contributed by atoms with Crippen molar-refractivity contribution in [2.24, 2.45) is 0 Å². The summed E-state index contributed by atoms with van der Waals surface area (Å²) in [6.07, 6.45) is 2.61. The van der Waals surface area contributed by atoms with Crippen LogP contribution in [0.5, 0.6) is 0 Å². The second-order valence-corrected chi connectivity index (χ2v) is 7.80. The van der Waals surface area contributed by atoms with E-state index in [1.165, 1.54) is 0 Å². The standard InChI is InChI=1S/C19H29N7O2/c1-13(2)21-19(28)25-9-7-14(11-25)17-23-22-16-6-5-15(12-26(16)17)18(27)20-8-10-24(3)4/h5-6,12-14H,7-11H2,1-4H3,(H,20,27)(H,21,28). The zero-order valence-electron chi connectivity index (χ0n) is 17.0. The Kier molecular flexibility index (Phi) is 6.13. The minimum Gasteiger partial charge on any atom is -0.351 e. The number of likely N-dealkylation sites (N-methyl/N-ethyl adjacent to an activating group) is 1. The highest BCUT2D eigenvalue weighted by Crippen LogP contribution is 2.26. The number of amides is 3. The van der Waals surface area contributed by atoms with Crippen molar-refractivity contribution in [1.29, 1.82) is 0 Å². The Morgan fingerprint density at radius 3 is 2.79 bits per heavy atom. The Balaban J connectivity index is 1.72. The van der Waals surface area contributed by atoms with Gasteiger partial charge >= 0.3 is 6.03 Å². The van der Waals surface area contributed by atoms with Crippen LogP contribution in [-0.4, -0.2) is 82.7 Å². The minimum absolute atomic E-state index is 0.0488. The first-order valence-corrected chi connectivity index (χ1v) is 9.68. The zero-order valence-corrected chi connectivity index (χ0v) is 17.0. The molecule has 28 heavy (non-hydrogen) atoms. The molecule has 9 nitrogen and oxygen atoms in total. The number of urea groups is 1. The summed E-state index contributed by atoms with van der Waals surface area (Å²) < 4.78 is 1.87. The number of hydrogen-bond acceptors (Lipinski definition) is 5. The van der Waals surface area contributed by atoms with Gasteiger partial charge in [-0.05, 0) is 46.5 Å². The maximum Gasteiger partial charge on any atom is 0.317 e. The molecule has 1 aliphatic heterocycles. The van der Waals surface area contributed by atoms with Gasteiger partial charge in [-0.2, -0.15) is 0 Å². The number of likely N-dealkylation sites (tertiary alicyclic amines) is 1. The lowest BCUT2D eigenvalue weighted by molar-refractivity contribution is 0.0950. The molecule has 152 valence electrons. The predicted octanol–water partition coefficient (Wildman–Crippen LogP) is 0.928. The second kappa shape index (κ2) is 8.55. The molecule has 1 aliphatic rings. The summed E-state index contributed by atoms with van der Waals surface area (Å²) in [5.74, 6) is 0.769. The summed E-state index contributed by atoms with van der Waals surface area (Å²) in [6, 6.07) is 3.62. The second-order valence-electron chi connectivity index (χ2n) is 7.80. The van der Waals surface area contributed by atoms with E-state index < -0.39 is 0 Å². The third-order valence-electron chi connectivity index (χ3n) is 4.79. The number of rotatable bonds is 6. The van der Waals surface area contributed by atoms with Crippen molar-refractivity contribution in [2.45, 2.75) is 32.2 Å². The Hall–Kier alpha value is -2.68. The van der Waals surface area contributed by atoms with Crippen LogP contribution < -0.4 is 10.6 Å². The largest absolute Gasteiger partial charge is 0.351 e. The van der Waals surface area contributed by atoms with E-state index in [1.807, 2.05) is 42.1 Å². The average Bonchev–Trinajstić information content (AvgIpc) is 3.26. The van der Waals surface area contributed by atoms with Gasteiger partial charge in [0, 0.05) is 44.3 Å². The molecule has 2 N–H and O–H groups in total. The van der Waals surface area contributed by atoms with E-state index in [9.17, 15) is 9.59 Å². The van der Waals surface area contributed by atoms with E-state index in [-0.39, 0.29) is 23.9 Å². The summed E-state index contributed by atoms with van der Waals surface area (Å²) in [5, 5.41) is 14.4. The Morgan fingerprint density at radius 1 is 1.29 bits per heavy atom. The van der Waals surface area contributed by atoms with Crippen molar-refractivity contribution in [2.75, 3.05) is 40.3 Å². The Labute approximate surface area is 165 Å². The quantitative estimate of drug-likeness (QED) is 0.769. The van der Waals surface area contributed by atoms with Gasteiger partial charge in [0.25, 0.3) is 5.91 Å². The van der Waals surface area contributed by atoms with Crippen LogP contribution in [0.15, 0.2) is 18.3 Å². The normalized spacial score (nSPS) is 16.9. The number of nitrogens with zero attached hydrogens (tertiary/aromatic N) is 5. The fourth-order valence-corrected chi connectivity index (χ4v) is 3.31. The fourth-order valence-electron chi connectivity index (χ4n) is 3.31. The van der Waals surface area contributed by atoms with Crippen molar-refractivity contribution in [3.8, 4) is 0 Å². The van der Waals surface area contributed by atoms with Crippen LogP contribution in [0.2, 0.25) is 0 Å². The highest BCUT2D eigenvalue weighted by atomic mass is 16.2. The molecule has 0 aromatic carbocycles. The molecule has 1 saturated heterocycles. The molecule has 0 radical (unpaired) electrons. The summed E-state index contributed by atoms with van der Waals surface area (Å²) in [7, 11) is 3.93. The van der Waals surface area contributed by atoms with Gasteiger partial charge in [0.05, 0.1) is 5.56 Å². The van der Waals surface area contributed by atoms with Gasteiger partial charge < -0.3 is 20.4 Å². The maximum absolute atomic E-state index is 12.4. The lowest BCUT2D eigenvalue weighted by Crippen LogP contribution is -2.41. The monoisotopic (exact) mass is 387 g/mol. The first-order chi connectivity index (χ1) is 13.3. The van der Waals surface area contributed by atoms with Crippen LogP contribution in [-0.2, 0) is 0 Å². The first kappa shape index (κ1) is 20.1. The molecule has 1 fully saturated rings. The van der Waals surface area contributed by atoms with Gasteiger partial charge in [-0.25, -0.2) is 4.79 Å². The van der Waals surface area contributed by atoms with E-state index in [0.29, 0.717) is 30.8 Å². The highest BCUT2D eigenvalue weighted by Gasteiger charge is 2.30. The van der Waals surface area contributed by atoms with Crippen LogP contribution in [0.1, 0.15) is 42.4 Å². The molecule has 2 aromatic heterocycles. The van der Waals surface area contributed by atoms with Gasteiger partial charge in [0.2, 0.25) is 0 Å². The van der Waals surface area contributed by atoms with E-state index >= 15 is 0 Å². The molecule has 0 aliphatic carbocycles. The molecule has 3 heterocycles.